The first-order valence-electron chi connectivity index (χ1n) is 6.69. The van der Waals surface area contributed by atoms with Gasteiger partial charge in [-0.3, -0.25) is 0 Å². The van der Waals surface area contributed by atoms with E-state index in [2.05, 4.69) is 33.4 Å². The van der Waals surface area contributed by atoms with E-state index < -0.39 is 0 Å². The highest BCUT2D eigenvalue weighted by molar-refractivity contribution is 5.81. The third-order valence-corrected chi connectivity index (χ3v) is 3.22. The van der Waals surface area contributed by atoms with Gasteiger partial charge in [-0.25, -0.2) is 4.68 Å². The van der Waals surface area contributed by atoms with E-state index in [-0.39, 0.29) is 0 Å². The van der Waals surface area contributed by atoms with Crippen LogP contribution in [0.5, 0.6) is 0 Å². The van der Waals surface area contributed by atoms with Gasteiger partial charge >= 0.3 is 0 Å². The van der Waals surface area contributed by atoms with E-state index in [1.165, 1.54) is 5.56 Å². The average molecular weight is 280 g/mol. The van der Waals surface area contributed by atoms with Gasteiger partial charge in [0.2, 0.25) is 0 Å². The van der Waals surface area contributed by atoms with Crippen LogP contribution in [0.1, 0.15) is 22.5 Å². The quantitative estimate of drug-likeness (QED) is 0.691. The summed E-state index contributed by atoms with van der Waals surface area (Å²) in [6.45, 7) is 5.97. The molecule has 3 aromatic rings. The Balaban J connectivity index is 1.97. The van der Waals surface area contributed by atoms with E-state index in [9.17, 15) is 0 Å². The van der Waals surface area contributed by atoms with Crippen molar-refractivity contribution in [2.75, 3.05) is 0 Å². The molecule has 0 fully saturated rings. The minimum atomic E-state index is 0.574. The van der Waals surface area contributed by atoms with Gasteiger partial charge in [-0.15, -0.1) is 10.2 Å². The Kier molecular flexibility index (Phi) is 3.35. The fourth-order valence-electron chi connectivity index (χ4n) is 2.13. The van der Waals surface area contributed by atoms with Gasteiger partial charge in [0.25, 0.3) is 5.95 Å². The molecule has 0 amide bonds. The molecule has 0 aliphatic rings. The zero-order chi connectivity index (χ0) is 14.8. The highest BCUT2D eigenvalue weighted by Gasteiger charge is 2.10. The Morgan fingerprint density at radius 2 is 1.95 bits per heavy atom. The van der Waals surface area contributed by atoms with Crippen molar-refractivity contribution in [2.45, 2.75) is 20.8 Å². The van der Waals surface area contributed by atoms with Crippen LogP contribution in [-0.4, -0.2) is 30.9 Å². The van der Waals surface area contributed by atoms with Crippen molar-refractivity contribution in [1.82, 2.24) is 24.7 Å². The molecule has 2 aromatic heterocycles. The van der Waals surface area contributed by atoms with E-state index in [0.29, 0.717) is 5.95 Å². The zero-order valence-electron chi connectivity index (χ0n) is 12.2. The molecule has 3 rings (SSSR count). The molecule has 6 heteroatoms. The Bertz CT molecular complexity index is 796. The van der Waals surface area contributed by atoms with Crippen molar-refractivity contribution in [3.63, 3.8) is 0 Å². The lowest BCUT2D eigenvalue weighted by Gasteiger charge is -2.03. The van der Waals surface area contributed by atoms with E-state index in [4.69, 9.17) is 0 Å². The minimum absolute atomic E-state index is 0.574. The maximum absolute atomic E-state index is 4.43. The summed E-state index contributed by atoms with van der Waals surface area (Å²) in [6.07, 6.45) is 3.37. The van der Waals surface area contributed by atoms with E-state index >= 15 is 0 Å². The molecule has 2 heterocycles. The predicted molar refractivity (Wildman–Crippen MR) is 80.8 cm³/mol. The monoisotopic (exact) mass is 280 g/mol. The van der Waals surface area contributed by atoms with E-state index in [0.717, 1.165) is 17.0 Å². The molecule has 1 aromatic carbocycles. The van der Waals surface area contributed by atoms with Crippen molar-refractivity contribution in [2.24, 2.45) is 5.10 Å². The summed E-state index contributed by atoms with van der Waals surface area (Å²) < 4.78 is 3.35. The molecule has 106 valence electrons. The van der Waals surface area contributed by atoms with Crippen LogP contribution in [0.4, 0.5) is 0 Å². The third kappa shape index (κ3) is 2.60. The van der Waals surface area contributed by atoms with Crippen LogP contribution in [0.2, 0.25) is 0 Å². The molecular formula is C15H16N6. The molecule has 0 aliphatic heterocycles. The molecule has 21 heavy (non-hydrogen) atoms. The third-order valence-electron chi connectivity index (χ3n) is 3.22. The first-order chi connectivity index (χ1) is 10.1. The van der Waals surface area contributed by atoms with Gasteiger partial charge < -0.3 is 0 Å². The lowest BCUT2D eigenvalue weighted by atomic mass is 10.1. The van der Waals surface area contributed by atoms with Gasteiger partial charge in [0.15, 0.2) is 0 Å². The smallest absolute Gasteiger partial charge is 0.202 e. The summed E-state index contributed by atoms with van der Waals surface area (Å²) in [4.78, 5) is 0. The molecule has 0 unspecified atom stereocenters. The minimum Gasteiger partial charge on any atom is -0.202 e. The van der Waals surface area contributed by atoms with Crippen LogP contribution in [0.15, 0.2) is 41.8 Å². The van der Waals surface area contributed by atoms with E-state index in [1.807, 2.05) is 38.1 Å². The summed E-state index contributed by atoms with van der Waals surface area (Å²) in [5.74, 6) is 0.574. The van der Waals surface area contributed by atoms with E-state index in [1.54, 1.807) is 21.9 Å². The number of hydrogen-bond donors (Lipinski definition) is 0. The second kappa shape index (κ2) is 5.32. The lowest BCUT2D eigenvalue weighted by molar-refractivity contribution is 0.717. The molecule has 0 spiro atoms. The van der Waals surface area contributed by atoms with Gasteiger partial charge in [0, 0.05) is 5.69 Å². The fraction of sp³-hybridized carbons (Fsp3) is 0.200. The summed E-state index contributed by atoms with van der Waals surface area (Å²) >= 11 is 0. The largest absolute Gasteiger partial charge is 0.273 e. The molecule has 6 nitrogen and oxygen atoms in total. The van der Waals surface area contributed by atoms with Crippen LogP contribution in [0.3, 0.4) is 0 Å². The highest BCUT2D eigenvalue weighted by Crippen LogP contribution is 2.10. The molecule has 0 bridgehead atoms. The van der Waals surface area contributed by atoms with Crippen LogP contribution in [-0.2, 0) is 0 Å². The summed E-state index contributed by atoms with van der Waals surface area (Å²) in [6, 6.07) is 10.1. The number of aryl methyl sites for hydroxylation is 3. The first kappa shape index (κ1) is 13.2. The number of hydrogen-bond acceptors (Lipinski definition) is 4. The molecule has 0 saturated carbocycles. The molecule has 0 radical (unpaired) electrons. The van der Waals surface area contributed by atoms with Crippen LogP contribution >= 0.6 is 0 Å². The second-order valence-electron chi connectivity index (χ2n) is 4.92. The summed E-state index contributed by atoms with van der Waals surface area (Å²) in [7, 11) is 0. The standard InChI is InChI=1S/C15H16N6/c1-11-6-4-5-7-14(11)9-17-20-10-16-18-15(20)21-13(3)8-12(2)19-21/h4-10H,1-3H3/b17-9-. The molecule has 0 saturated heterocycles. The number of nitrogens with zero attached hydrogens (tertiary/aromatic N) is 6. The summed E-state index contributed by atoms with van der Waals surface area (Å²) in [5.41, 5.74) is 4.16. The number of benzene rings is 1. The van der Waals surface area contributed by atoms with Crippen LogP contribution in [0.25, 0.3) is 5.95 Å². The maximum Gasteiger partial charge on any atom is 0.273 e. The predicted octanol–water partition coefficient (Wildman–Crippen LogP) is 2.27. The molecular weight excluding hydrogens is 264 g/mol. The van der Waals surface area contributed by atoms with Gasteiger partial charge in [-0.2, -0.15) is 14.9 Å². The van der Waals surface area contributed by atoms with Gasteiger partial charge in [-0.1, -0.05) is 24.3 Å². The second-order valence-corrected chi connectivity index (χ2v) is 4.92. The SMILES string of the molecule is Cc1cc(C)n(-c2nncn2/N=C\c2ccccc2C)n1. The van der Waals surface area contributed by atoms with Gasteiger partial charge in [0.1, 0.15) is 6.33 Å². The summed E-state index contributed by atoms with van der Waals surface area (Å²) in [5, 5.41) is 16.9. The first-order valence-corrected chi connectivity index (χ1v) is 6.69. The lowest BCUT2D eigenvalue weighted by Crippen LogP contribution is -2.06. The van der Waals surface area contributed by atoms with Crippen LogP contribution < -0.4 is 0 Å². The van der Waals surface area contributed by atoms with Gasteiger partial charge in [-0.05, 0) is 38.0 Å². The average Bonchev–Trinajstić information content (AvgIpc) is 3.04. The molecule has 0 atom stereocenters. The van der Waals surface area contributed by atoms with Crippen molar-refractivity contribution >= 4 is 6.21 Å². The Morgan fingerprint density at radius 3 is 2.67 bits per heavy atom. The molecule has 0 N–H and O–H groups in total. The molecule has 0 aliphatic carbocycles. The van der Waals surface area contributed by atoms with Gasteiger partial charge in [0.05, 0.1) is 11.9 Å². The number of aromatic nitrogens is 5. The number of rotatable bonds is 3. The van der Waals surface area contributed by atoms with Crippen molar-refractivity contribution in [1.29, 1.82) is 0 Å². The Labute approximate surface area is 122 Å². The maximum atomic E-state index is 4.43. The topological polar surface area (TPSA) is 60.9 Å². The highest BCUT2D eigenvalue weighted by atomic mass is 15.5. The van der Waals surface area contributed by atoms with Crippen molar-refractivity contribution < 1.29 is 0 Å². The Morgan fingerprint density at radius 1 is 1.14 bits per heavy atom. The normalized spacial score (nSPS) is 11.4. The fourth-order valence-corrected chi connectivity index (χ4v) is 2.13. The van der Waals surface area contributed by atoms with Crippen molar-refractivity contribution in [3.05, 3.63) is 59.2 Å². The van der Waals surface area contributed by atoms with Crippen LogP contribution in [0, 0.1) is 20.8 Å². The van der Waals surface area contributed by atoms with Crippen molar-refractivity contribution in [3.8, 4) is 5.95 Å². The Hall–Kier alpha value is -2.76. The zero-order valence-corrected chi connectivity index (χ0v) is 12.2.